The quantitative estimate of drug-likeness (QED) is 0.725. The molecule has 0 unspecified atom stereocenters. The highest BCUT2D eigenvalue weighted by atomic mass is 19.4. The minimum absolute atomic E-state index is 0.0370. The Morgan fingerprint density at radius 2 is 2.06 bits per heavy atom. The van der Waals surface area contributed by atoms with Gasteiger partial charge in [-0.15, -0.1) is 5.53 Å². The van der Waals surface area contributed by atoms with Crippen LogP contribution in [0.3, 0.4) is 0 Å². The van der Waals surface area contributed by atoms with Crippen molar-refractivity contribution in [3.63, 3.8) is 0 Å². The van der Waals surface area contributed by atoms with E-state index >= 15 is 0 Å². The molecular formula is C9H10F3N5. The van der Waals surface area contributed by atoms with E-state index in [1.807, 2.05) is 0 Å². The predicted octanol–water partition coefficient (Wildman–Crippen LogP) is 0.937. The van der Waals surface area contributed by atoms with Crippen molar-refractivity contribution in [1.82, 2.24) is 11.1 Å². The van der Waals surface area contributed by atoms with Gasteiger partial charge in [-0.05, 0) is 23.8 Å². The summed E-state index contributed by atoms with van der Waals surface area (Å²) >= 11 is 0. The van der Waals surface area contributed by atoms with Crippen molar-refractivity contribution >= 4 is 12.0 Å². The van der Waals surface area contributed by atoms with Gasteiger partial charge in [0.1, 0.15) is 6.34 Å². The van der Waals surface area contributed by atoms with Crippen LogP contribution in [-0.2, 0) is 12.7 Å². The monoisotopic (exact) mass is 245 g/mol. The first-order valence-electron chi connectivity index (χ1n) is 4.75. The molecule has 0 radical (unpaired) electrons. The lowest BCUT2D eigenvalue weighted by Crippen LogP contribution is -2.37. The minimum Gasteiger partial charge on any atom is -0.326 e. The summed E-state index contributed by atoms with van der Waals surface area (Å²) in [6.45, 7) is 0.0370. The molecule has 8 heteroatoms. The van der Waals surface area contributed by atoms with E-state index in [1.165, 1.54) is 11.3 Å². The second-order valence-electron chi connectivity index (χ2n) is 3.43. The van der Waals surface area contributed by atoms with Gasteiger partial charge >= 0.3 is 6.18 Å². The second kappa shape index (κ2) is 4.22. The summed E-state index contributed by atoms with van der Waals surface area (Å²) in [4.78, 5) is 0. The summed E-state index contributed by atoms with van der Waals surface area (Å²) in [5.74, 6) is 0. The van der Waals surface area contributed by atoms with Crippen LogP contribution in [0.5, 0.6) is 0 Å². The summed E-state index contributed by atoms with van der Waals surface area (Å²) in [5.41, 5.74) is 10.3. The van der Waals surface area contributed by atoms with E-state index < -0.39 is 11.7 Å². The highest BCUT2D eigenvalue weighted by Gasteiger charge is 2.31. The molecule has 0 saturated heterocycles. The number of halogens is 3. The molecule has 5 nitrogen and oxygen atoms in total. The molecule has 0 atom stereocenters. The van der Waals surface area contributed by atoms with Crippen molar-refractivity contribution in [3.8, 4) is 0 Å². The van der Waals surface area contributed by atoms with Crippen LogP contribution >= 0.6 is 0 Å². The maximum atomic E-state index is 12.6. The molecule has 92 valence electrons. The molecular weight excluding hydrogens is 235 g/mol. The Hall–Kier alpha value is -1.80. The predicted molar refractivity (Wildman–Crippen MR) is 56.6 cm³/mol. The Balaban J connectivity index is 2.41. The third kappa shape index (κ3) is 2.48. The fourth-order valence-electron chi connectivity index (χ4n) is 1.42. The van der Waals surface area contributed by atoms with E-state index in [-0.39, 0.29) is 6.54 Å². The SMILES string of the molecule is NCc1cc(N2C=NNN2)cc(C(F)(F)F)c1. The first kappa shape index (κ1) is 11.7. The van der Waals surface area contributed by atoms with Gasteiger partial charge < -0.3 is 5.73 Å². The Morgan fingerprint density at radius 1 is 1.29 bits per heavy atom. The van der Waals surface area contributed by atoms with Crippen LogP contribution in [0, 0.1) is 0 Å². The fourth-order valence-corrected chi connectivity index (χ4v) is 1.42. The molecule has 1 aromatic rings. The van der Waals surface area contributed by atoms with Gasteiger partial charge in [0.15, 0.2) is 0 Å². The number of hydrazone groups is 1. The van der Waals surface area contributed by atoms with E-state index in [9.17, 15) is 13.2 Å². The minimum atomic E-state index is -4.40. The Morgan fingerprint density at radius 3 is 2.59 bits per heavy atom. The van der Waals surface area contributed by atoms with Crippen LogP contribution in [0.15, 0.2) is 23.3 Å². The molecule has 0 aromatic heterocycles. The molecule has 0 amide bonds. The highest BCUT2D eigenvalue weighted by molar-refractivity contribution is 5.79. The van der Waals surface area contributed by atoms with E-state index in [0.29, 0.717) is 11.3 Å². The first-order chi connectivity index (χ1) is 8.00. The lowest BCUT2D eigenvalue weighted by Gasteiger charge is -2.17. The zero-order chi connectivity index (χ0) is 12.5. The highest BCUT2D eigenvalue weighted by Crippen LogP contribution is 2.32. The Bertz CT molecular complexity index is 443. The molecule has 0 bridgehead atoms. The van der Waals surface area contributed by atoms with Gasteiger partial charge in [-0.25, -0.2) is 10.5 Å². The van der Waals surface area contributed by atoms with Crippen LogP contribution in [-0.4, -0.2) is 6.34 Å². The zero-order valence-electron chi connectivity index (χ0n) is 8.62. The van der Waals surface area contributed by atoms with Crippen molar-refractivity contribution in [2.75, 3.05) is 5.01 Å². The van der Waals surface area contributed by atoms with Gasteiger partial charge in [0.2, 0.25) is 0 Å². The van der Waals surface area contributed by atoms with Crippen molar-refractivity contribution in [1.29, 1.82) is 0 Å². The molecule has 1 aliphatic heterocycles. The van der Waals surface area contributed by atoms with Crippen LogP contribution in [0.4, 0.5) is 18.9 Å². The van der Waals surface area contributed by atoms with Crippen molar-refractivity contribution in [3.05, 3.63) is 29.3 Å². The molecule has 0 aliphatic carbocycles. The number of hydrogen-bond donors (Lipinski definition) is 3. The fraction of sp³-hybridized carbons (Fsp3) is 0.222. The van der Waals surface area contributed by atoms with Gasteiger partial charge in [0, 0.05) is 6.54 Å². The summed E-state index contributed by atoms with van der Waals surface area (Å²) in [5, 5.41) is 4.94. The average Bonchev–Trinajstić information content (AvgIpc) is 2.80. The summed E-state index contributed by atoms with van der Waals surface area (Å²) < 4.78 is 37.9. The molecule has 4 N–H and O–H groups in total. The number of hydrogen-bond acceptors (Lipinski definition) is 5. The molecule has 0 saturated carbocycles. The molecule has 1 aromatic carbocycles. The summed E-state index contributed by atoms with van der Waals surface area (Å²) in [7, 11) is 0. The number of benzene rings is 1. The second-order valence-corrected chi connectivity index (χ2v) is 3.43. The van der Waals surface area contributed by atoms with Gasteiger partial charge in [0.05, 0.1) is 11.3 Å². The van der Waals surface area contributed by atoms with E-state index in [2.05, 4.69) is 16.2 Å². The van der Waals surface area contributed by atoms with Gasteiger partial charge in [-0.3, -0.25) is 0 Å². The summed E-state index contributed by atoms with van der Waals surface area (Å²) in [6, 6.07) is 3.61. The maximum Gasteiger partial charge on any atom is 0.416 e. The Labute approximate surface area is 95.0 Å². The number of alkyl halides is 3. The number of nitrogens with two attached hydrogens (primary N) is 1. The van der Waals surface area contributed by atoms with E-state index in [4.69, 9.17) is 5.73 Å². The standard InChI is InChI=1S/C9H10F3N5/c10-9(11,12)7-1-6(4-13)2-8(3-7)17-5-14-15-16-17/h1-3,5,15-16H,4,13H2. The Kier molecular flexibility index (Phi) is 2.90. The van der Waals surface area contributed by atoms with Crippen LogP contribution in [0.25, 0.3) is 0 Å². The smallest absolute Gasteiger partial charge is 0.326 e. The van der Waals surface area contributed by atoms with E-state index in [0.717, 1.165) is 12.1 Å². The molecule has 17 heavy (non-hydrogen) atoms. The number of nitrogens with zero attached hydrogens (tertiary/aromatic N) is 2. The molecule has 1 aliphatic rings. The molecule has 0 fully saturated rings. The van der Waals surface area contributed by atoms with Crippen LogP contribution in [0.2, 0.25) is 0 Å². The lowest BCUT2D eigenvalue weighted by molar-refractivity contribution is -0.137. The summed E-state index contributed by atoms with van der Waals surface area (Å²) in [6.07, 6.45) is -3.07. The molecule has 1 heterocycles. The maximum absolute atomic E-state index is 12.6. The van der Waals surface area contributed by atoms with Gasteiger partial charge in [-0.2, -0.15) is 18.3 Å². The lowest BCUT2D eigenvalue weighted by atomic mass is 10.1. The van der Waals surface area contributed by atoms with Crippen molar-refractivity contribution in [2.45, 2.75) is 12.7 Å². The average molecular weight is 245 g/mol. The van der Waals surface area contributed by atoms with Crippen LogP contribution < -0.4 is 21.8 Å². The zero-order valence-corrected chi connectivity index (χ0v) is 8.62. The van der Waals surface area contributed by atoms with Gasteiger partial charge in [0.25, 0.3) is 0 Å². The third-order valence-corrected chi connectivity index (χ3v) is 2.23. The van der Waals surface area contributed by atoms with E-state index in [1.54, 1.807) is 6.07 Å². The van der Waals surface area contributed by atoms with Gasteiger partial charge in [-0.1, -0.05) is 0 Å². The third-order valence-electron chi connectivity index (χ3n) is 2.23. The first-order valence-corrected chi connectivity index (χ1v) is 4.75. The number of anilines is 1. The molecule has 0 spiro atoms. The topological polar surface area (TPSA) is 65.7 Å². The normalized spacial score (nSPS) is 15.2. The van der Waals surface area contributed by atoms with Crippen molar-refractivity contribution in [2.24, 2.45) is 10.8 Å². The number of nitrogens with one attached hydrogen (secondary N) is 2. The largest absolute Gasteiger partial charge is 0.416 e. The molecule has 2 rings (SSSR count). The number of rotatable bonds is 2. The number of hydrazine groups is 2. The van der Waals surface area contributed by atoms with Crippen LogP contribution in [0.1, 0.15) is 11.1 Å². The van der Waals surface area contributed by atoms with Crippen molar-refractivity contribution < 1.29 is 13.2 Å².